The Labute approximate surface area is 87.6 Å². The molecule has 3 heteroatoms. The fourth-order valence-electron chi connectivity index (χ4n) is 1.57. The summed E-state index contributed by atoms with van der Waals surface area (Å²) in [5, 5.41) is 1.10. The Kier molecular flexibility index (Phi) is 2.29. The molecular weight excluding hydrogens is 188 g/mol. The van der Waals surface area contributed by atoms with Crippen LogP contribution in [-0.4, -0.2) is 10.9 Å². The van der Waals surface area contributed by atoms with Gasteiger partial charge in [-0.1, -0.05) is 12.1 Å². The molecule has 0 atom stereocenters. The van der Waals surface area contributed by atoms with E-state index in [-0.39, 0.29) is 0 Å². The minimum absolute atomic E-state index is 0.434. The maximum atomic E-state index is 10.6. The first-order valence-corrected chi connectivity index (χ1v) is 4.72. The molecule has 1 aromatic carbocycles. The molecule has 1 heterocycles. The van der Waals surface area contributed by atoms with Crippen molar-refractivity contribution in [3.05, 3.63) is 41.6 Å². The molecule has 3 N–H and O–H groups in total. The number of carbonyl (C=O) groups is 1. The lowest BCUT2D eigenvalue weighted by atomic mass is 10.1. The third-order valence-corrected chi connectivity index (χ3v) is 2.30. The molecule has 0 bridgehead atoms. The molecule has 1 amide bonds. The van der Waals surface area contributed by atoms with Crippen molar-refractivity contribution >= 4 is 22.9 Å². The second-order valence-electron chi connectivity index (χ2n) is 3.53. The average Bonchev–Trinajstić information content (AvgIpc) is 2.57. The van der Waals surface area contributed by atoms with Gasteiger partial charge in [-0.25, -0.2) is 0 Å². The molecule has 0 spiro atoms. The maximum absolute atomic E-state index is 10.6. The largest absolute Gasteiger partial charge is 0.366 e. The van der Waals surface area contributed by atoms with E-state index in [1.807, 2.05) is 25.3 Å². The lowest BCUT2D eigenvalue weighted by molar-refractivity contribution is -0.113. The first kappa shape index (κ1) is 9.52. The van der Waals surface area contributed by atoms with E-state index in [1.165, 1.54) is 11.6 Å². The summed E-state index contributed by atoms with van der Waals surface area (Å²) in [6, 6.07) is 6.14. The molecule has 0 aliphatic heterocycles. The third-order valence-electron chi connectivity index (χ3n) is 2.30. The van der Waals surface area contributed by atoms with Crippen LogP contribution in [0.1, 0.15) is 11.1 Å². The molecule has 15 heavy (non-hydrogen) atoms. The van der Waals surface area contributed by atoms with Crippen LogP contribution in [0.4, 0.5) is 0 Å². The van der Waals surface area contributed by atoms with Crippen molar-refractivity contribution in [3.63, 3.8) is 0 Å². The van der Waals surface area contributed by atoms with E-state index in [9.17, 15) is 4.79 Å². The molecule has 0 radical (unpaired) electrons. The van der Waals surface area contributed by atoms with Gasteiger partial charge in [0.15, 0.2) is 0 Å². The number of benzene rings is 1. The van der Waals surface area contributed by atoms with Crippen molar-refractivity contribution in [1.29, 1.82) is 0 Å². The van der Waals surface area contributed by atoms with Crippen LogP contribution in [0.25, 0.3) is 17.0 Å². The van der Waals surface area contributed by atoms with Crippen LogP contribution >= 0.6 is 0 Å². The van der Waals surface area contributed by atoms with Gasteiger partial charge in [0.1, 0.15) is 0 Å². The quantitative estimate of drug-likeness (QED) is 0.715. The standard InChI is InChI=1S/C12H12N2O/c1-8-2-4-10-9(3-5-12(13)15)7-14-11(10)6-8/h2-7,14H,1H3,(H2,13,15)/b5-3-. The Balaban J connectivity index is 2.50. The highest BCUT2D eigenvalue weighted by Crippen LogP contribution is 2.20. The number of fused-ring (bicyclic) bond motifs is 1. The Hall–Kier alpha value is -2.03. The number of aromatic amines is 1. The molecule has 1 aromatic heterocycles. The van der Waals surface area contributed by atoms with Gasteiger partial charge in [0.25, 0.3) is 0 Å². The molecule has 0 saturated heterocycles. The van der Waals surface area contributed by atoms with Gasteiger partial charge >= 0.3 is 0 Å². The SMILES string of the molecule is Cc1ccc2c(/C=C\C(N)=O)c[nH]c2c1. The van der Waals surface area contributed by atoms with E-state index in [2.05, 4.69) is 11.1 Å². The zero-order valence-electron chi connectivity index (χ0n) is 8.45. The zero-order chi connectivity index (χ0) is 10.8. The maximum Gasteiger partial charge on any atom is 0.241 e. The summed E-state index contributed by atoms with van der Waals surface area (Å²) in [4.78, 5) is 13.8. The van der Waals surface area contributed by atoms with Gasteiger partial charge in [-0.05, 0) is 30.2 Å². The molecular formula is C12H12N2O. The number of rotatable bonds is 2. The average molecular weight is 200 g/mol. The van der Waals surface area contributed by atoms with Crippen molar-refractivity contribution < 1.29 is 4.79 Å². The second kappa shape index (κ2) is 3.61. The molecule has 0 unspecified atom stereocenters. The molecule has 3 nitrogen and oxygen atoms in total. The molecule has 2 rings (SSSR count). The smallest absolute Gasteiger partial charge is 0.241 e. The molecule has 0 saturated carbocycles. The normalized spacial score (nSPS) is 11.3. The number of nitrogens with two attached hydrogens (primary N) is 1. The number of hydrogen-bond acceptors (Lipinski definition) is 1. The third kappa shape index (κ3) is 1.91. The van der Waals surface area contributed by atoms with Crippen molar-refractivity contribution in [2.45, 2.75) is 6.92 Å². The topological polar surface area (TPSA) is 58.9 Å². The summed E-state index contributed by atoms with van der Waals surface area (Å²) in [7, 11) is 0. The number of primary amides is 1. The number of amides is 1. The summed E-state index contributed by atoms with van der Waals surface area (Å²) in [5.41, 5.74) is 8.29. The summed E-state index contributed by atoms with van der Waals surface area (Å²) in [5.74, 6) is -0.434. The Morgan fingerprint density at radius 1 is 1.47 bits per heavy atom. The summed E-state index contributed by atoms with van der Waals surface area (Å²) >= 11 is 0. The van der Waals surface area contributed by atoms with Crippen LogP contribution in [-0.2, 0) is 4.79 Å². The number of carbonyl (C=O) groups excluding carboxylic acids is 1. The lowest BCUT2D eigenvalue weighted by Gasteiger charge is -1.93. The number of hydrogen-bond donors (Lipinski definition) is 2. The lowest BCUT2D eigenvalue weighted by Crippen LogP contribution is -2.04. The Morgan fingerprint density at radius 2 is 2.27 bits per heavy atom. The molecule has 2 aromatic rings. The number of aryl methyl sites for hydroxylation is 1. The highest BCUT2D eigenvalue weighted by atomic mass is 16.1. The van der Waals surface area contributed by atoms with Crippen LogP contribution in [0.5, 0.6) is 0 Å². The van der Waals surface area contributed by atoms with Gasteiger partial charge in [0.2, 0.25) is 5.91 Å². The van der Waals surface area contributed by atoms with Gasteiger partial charge in [0, 0.05) is 23.2 Å². The van der Waals surface area contributed by atoms with E-state index in [1.54, 1.807) is 6.08 Å². The van der Waals surface area contributed by atoms with Crippen LogP contribution in [0, 0.1) is 6.92 Å². The minimum atomic E-state index is -0.434. The second-order valence-corrected chi connectivity index (χ2v) is 3.53. The number of aromatic nitrogens is 1. The van der Waals surface area contributed by atoms with Crippen molar-refractivity contribution in [3.8, 4) is 0 Å². The van der Waals surface area contributed by atoms with Crippen molar-refractivity contribution in [2.75, 3.05) is 0 Å². The van der Waals surface area contributed by atoms with E-state index < -0.39 is 5.91 Å². The summed E-state index contributed by atoms with van der Waals surface area (Å²) in [6.45, 7) is 2.04. The number of nitrogens with one attached hydrogen (secondary N) is 1. The Bertz CT molecular complexity index is 538. The van der Waals surface area contributed by atoms with Crippen LogP contribution in [0.15, 0.2) is 30.5 Å². The summed E-state index contributed by atoms with van der Waals surface area (Å²) < 4.78 is 0. The highest BCUT2D eigenvalue weighted by molar-refractivity contribution is 5.95. The molecule has 0 aliphatic carbocycles. The first-order chi connectivity index (χ1) is 7.16. The van der Waals surface area contributed by atoms with Crippen LogP contribution in [0.3, 0.4) is 0 Å². The van der Waals surface area contributed by atoms with E-state index in [0.717, 1.165) is 16.5 Å². The zero-order valence-corrected chi connectivity index (χ0v) is 8.45. The van der Waals surface area contributed by atoms with Crippen LogP contribution in [0.2, 0.25) is 0 Å². The molecule has 76 valence electrons. The van der Waals surface area contributed by atoms with Crippen molar-refractivity contribution in [1.82, 2.24) is 4.98 Å². The highest BCUT2D eigenvalue weighted by Gasteiger charge is 2.00. The van der Waals surface area contributed by atoms with E-state index >= 15 is 0 Å². The number of H-pyrrole nitrogens is 1. The van der Waals surface area contributed by atoms with Gasteiger partial charge in [-0.3, -0.25) is 4.79 Å². The first-order valence-electron chi connectivity index (χ1n) is 4.72. The van der Waals surface area contributed by atoms with Gasteiger partial charge < -0.3 is 10.7 Å². The monoisotopic (exact) mass is 200 g/mol. The fourth-order valence-corrected chi connectivity index (χ4v) is 1.57. The van der Waals surface area contributed by atoms with Gasteiger partial charge in [-0.15, -0.1) is 0 Å². The van der Waals surface area contributed by atoms with Crippen molar-refractivity contribution in [2.24, 2.45) is 5.73 Å². The minimum Gasteiger partial charge on any atom is -0.366 e. The fraction of sp³-hybridized carbons (Fsp3) is 0.0833. The Morgan fingerprint density at radius 3 is 3.00 bits per heavy atom. The molecule has 0 fully saturated rings. The molecule has 0 aliphatic rings. The predicted molar refractivity (Wildman–Crippen MR) is 61.3 cm³/mol. The summed E-state index contributed by atoms with van der Waals surface area (Å²) in [6.07, 6.45) is 4.95. The van der Waals surface area contributed by atoms with E-state index in [4.69, 9.17) is 5.73 Å². The van der Waals surface area contributed by atoms with E-state index in [0.29, 0.717) is 0 Å². The van der Waals surface area contributed by atoms with Crippen LogP contribution < -0.4 is 5.73 Å². The van der Waals surface area contributed by atoms with Gasteiger partial charge in [-0.2, -0.15) is 0 Å². The van der Waals surface area contributed by atoms with Gasteiger partial charge in [0.05, 0.1) is 0 Å². The predicted octanol–water partition coefficient (Wildman–Crippen LogP) is 1.97.